The van der Waals surface area contributed by atoms with Crippen LogP contribution in [0.25, 0.3) is 21.8 Å². The van der Waals surface area contributed by atoms with Gasteiger partial charge in [0.2, 0.25) is 11.8 Å². The summed E-state index contributed by atoms with van der Waals surface area (Å²) in [7, 11) is 1.87. The van der Waals surface area contributed by atoms with E-state index in [1.165, 1.54) is 38.1 Å². The summed E-state index contributed by atoms with van der Waals surface area (Å²) in [6, 6.07) is 12.2. The average molecular weight is 1080 g/mol. The fourth-order valence-electron chi connectivity index (χ4n) is 10.7. The molecule has 2 saturated carbocycles. The molecule has 6 heterocycles. The van der Waals surface area contributed by atoms with Crippen molar-refractivity contribution >= 4 is 67.6 Å². The minimum absolute atomic E-state index is 0.00255. The summed E-state index contributed by atoms with van der Waals surface area (Å²) in [6.45, 7) is 9.07. The van der Waals surface area contributed by atoms with Crippen LogP contribution in [0.15, 0.2) is 60.9 Å². The Morgan fingerprint density at radius 2 is 1.12 bits per heavy atom. The summed E-state index contributed by atoms with van der Waals surface area (Å²) in [5.41, 5.74) is 0.0487. The predicted molar refractivity (Wildman–Crippen MR) is 263 cm³/mol. The highest BCUT2D eigenvalue weighted by Crippen LogP contribution is 2.46. The van der Waals surface area contributed by atoms with Crippen LogP contribution in [0, 0.1) is 23.7 Å². The lowest BCUT2D eigenvalue weighted by atomic mass is 9.88. The predicted octanol–water partition coefficient (Wildman–Crippen LogP) is 8.01. The minimum Gasteiger partial charge on any atom is -0.379 e. The Hall–Kier alpha value is -4.05. The molecule has 4 atom stereocenters. The first-order valence-electron chi connectivity index (χ1n) is 24.1. The van der Waals surface area contributed by atoms with Gasteiger partial charge in [0, 0.05) is 106 Å². The number of hydrogen-bond acceptors (Lipinski definition) is 10. The molecule has 4 aliphatic heterocycles. The summed E-state index contributed by atoms with van der Waals surface area (Å²) in [6.07, 6.45) is 0.473. The van der Waals surface area contributed by atoms with Crippen molar-refractivity contribution in [2.24, 2.45) is 23.7 Å². The molecule has 0 radical (unpaired) electrons. The Bertz CT molecular complexity index is 2380. The molecular weight excluding hydrogens is 1020 g/mol. The molecule has 0 spiro atoms. The van der Waals surface area contributed by atoms with Crippen molar-refractivity contribution in [2.45, 2.75) is 63.0 Å². The quantitative estimate of drug-likeness (QED) is 0.0955. The molecule has 4 aromatic rings. The number of amides is 2. The van der Waals surface area contributed by atoms with Crippen molar-refractivity contribution in [1.82, 2.24) is 30.0 Å². The van der Waals surface area contributed by atoms with Crippen LogP contribution in [0.1, 0.15) is 49.7 Å². The average Bonchev–Trinajstić information content (AvgIpc) is 4.29. The van der Waals surface area contributed by atoms with E-state index < -0.39 is 23.5 Å². The zero-order chi connectivity index (χ0) is 48.9. The summed E-state index contributed by atoms with van der Waals surface area (Å²) in [5.74, 6) is 2.18. The second kappa shape index (κ2) is 22.6. The van der Waals surface area contributed by atoms with Crippen molar-refractivity contribution in [1.29, 1.82) is 0 Å². The number of aromatic nitrogens is 2. The molecule has 4 unspecified atom stereocenters. The van der Waals surface area contributed by atoms with Crippen molar-refractivity contribution in [3.8, 4) is 0 Å². The molecule has 12 nitrogen and oxygen atoms in total. The van der Waals surface area contributed by atoms with Crippen LogP contribution in [0.4, 0.5) is 37.7 Å². The maximum Gasteiger partial charge on any atom is 0.418 e. The molecule has 0 bridgehead atoms. The lowest BCUT2D eigenvalue weighted by Gasteiger charge is -2.43. The molecular formula is C50H63F6IN8O4. The van der Waals surface area contributed by atoms with E-state index in [1.807, 2.05) is 16.9 Å². The van der Waals surface area contributed by atoms with Gasteiger partial charge in [0.1, 0.15) is 0 Å². The number of likely N-dealkylation sites (N-methyl/N-ethyl adjacent to an activating group) is 1. The van der Waals surface area contributed by atoms with E-state index in [0.717, 1.165) is 75.6 Å². The summed E-state index contributed by atoms with van der Waals surface area (Å²) >= 11 is 2.15. The Kier molecular flexibility index (Phi) is 16.8. The third kappa shape index (κ3) is 12.9. The molecule has 2 aliphatic carbocycles. The highest BCUT2D eigenvalue weighted by atomic mass is 127. The third-order valence-electron chi connectivity index (χ3n) is 14.5. The van der Waals surface area contributed by atoms with Crippen molar-refractivity contribution in [3.05, 3.63) is 72.1 Å². The number of ether oxygens (including phenoxy) is 2. The highest BCUT2D eigenvalue weighted by molar-refractivity contribution is 14.1. The molecule has 1 N–H and O–H groups in total. The molecule has 2 aromatic heterocycles. The van der Waals surface area contributed by atoms with Crippen molar-refractivity contribution in [2.75, 3.05) is 114 Å². The maximum atomic E-state index is 13.6. The molecule has 2 aromatic carbocycles. The molecule has 19 heteroatoms. The largest absolute Gasteiger partial charge is 0.418 e. The number of fused-ring (bicyclic) bond motifs is 2. The van der Waals surface area contributed by atoms with E-state index in [9.17, 15) is 35.9 Å². The first-order chi connectivity index (χ1) is 33.2. The highest BCUT2D eigenvalue weighted by Gasteiger charge is 2.42. The topological polar surface area (TPSA) is 107 Å². The van der Waals surface area contributed by atoms with Crippen LogP contribution in [0.3, 0.4) is 0 Å². The summed E-state index contributed by atoms with van der Waals surface area (Å²) in [4.78, 5) is 46.4. The number of pyridine rings is 2. The monoisotopic (exact) mass is 1080 g/mol. The van der Waals surface area contributed by atoms with Crippen molar-refractivity contribution in [3.63, 3.8) is 0 Å². The van der Waals surface area contributed by atoms with Gasteiger partial charge in [-0.15, -0.1) is 0 Å². The zero-order valence-electron chi connectivity index (χ0n) is 39.3. The second-order valence-corrected chi connectivity index (χ2v) is 19.2. The number of alkyl halides is 7. The lowest BCUT2D eigenvalue weighted by molar-refractivity contribution is -0.137. The van der Waals surface area contributed by atoms with Gasteiger partial charge in [0.25, 0.3) is 0 Å². The van der Waals surface area contributed by atoms with E-state index in [0.29, 0.717) is 87.1 Å². The molecule has 6 fully saturated rings. The smallest absolute Gasteiger partial charge is 0.379 e. The number of carbonyl (C=O) groups is 2. The van der Waals surface area contributed by atoms with Gasteiger partial charge in [-0.25, -0.2) is 0 Å². The van der Waals surface area contributed by atoms with Gasteiger partial charge < -0.3 is 29.5 Å². The SMILES string of the molecule is CI.CN(C(=O)CN1CCOCC1)C1CC(C2CC2)CN(c2ccc(C(F)(F)F)c3ncccc23)C1.O=C(CN1CCOCC1)NC1CC(C2CC2)CN(c2ccc(C(F)(F)F)c3ncccc23)C1. The first kappa shape index (κ1) is 51.3. The van der Waals surface area contributed by atoms with E-state index in [-0.39, 0.29) is 34.9 Å². The molecule has 69 heavy (non-hydrogen) atoms. The third-order valence-corrected chi connectivity index (χ3v) is 14.5. The standard InChI is InChI=1S/C25H31F3N4O2.C24H29F3N4O2.CH3I/c1-30(23(33)16-31-9-11-34-12-10-31)19-13-18(17-4-5-17)14-32(15-19)22-7-6-21(25(26,27)28)24-20(22)3-2-8-29-24;25-24(26,27)20-5-6-21(19-2-1-7-28-23(19)20)31-13-17(16-3-4-16)12-18(14-31)29-22(32)15-30-8-10-33-11-9-30;1-2/h2-3,6-8,17-19H,4-5,9-16H2,1H3;1-2,5-7,16-18H,3-4,8-15H2,(H,29,32);1H3. The van der Waals surface area contributed by atoms with Crippen LogP contribution in [0.2, 0.25) is 0 Å². The fraction of sp³-hybridized carbons (Fsp3) is 0.600. The fourth-order valence-corrected chi connectivity index (χ4v) is 10.7. The van der Waals surface area contributed by atoms with Crippen LogP contribution < -0.4 is 15.1 Å². The number of piperidine rings is 2. The summed E-state index contributed by atoms with van der Waals surface area (Å²) < 4.78 is 92.2. The van der Waals surface area contributed by atoms with E-state index in [2.05, 4.69) is 57.5 Å². The molecule has 2 amide bonds. The Morgan fingerprint density at radius 3 is 1.59 bits per heavy atom. The van der Waals surface area contributed by atoms with Crippen LogP contribution >= 0.6 is 22.6 Å². The number of nitrogens with one attached hydrogen (secondary N) is 1. The lowest BCUT2D eigenvalue weighted by Crippen LogP contribution is -2.54. The number of anilines is 2. The second-order valence-electron chi connectivity index (χ2n) is 19.2. The van der Waals surface area contributed by atoms with Gasteiger partial charge in [-0.1, -0.05) is 22.6 Å². The number of rotatable bonds is 10. The van der Waals surface area contributed by atoms with Gasteiger partial charge in [-0.2, -0.15) is 26.3 Å². The van der Waals surface area contributed by atoms with Gasteiger partial charge in [0.05, 0.1) is 61.7 Å². The maximum absolute atomic E-state index is 13.6. The summed E-state index contributed by atoms with van der Waals surface area (Å²) in [5, 5.41) is 4.21. The Balaban J connectivity index is 0.000000180. The van der Waals surface area contributed by atoms with E-state index >= 15 is 0 Å². The van der Waals surface area contributed by atoms with Crippen LogP contribution in [0.5, 0.6) is 0 Å². The number of nitrogens with zero attached hydrogens (tertiary/aromatic N) is 7. The zero-order valence-corrected chi connectivity index (χ0v) is 41.4. The van der Waals surface area contributed by atoms with E-state index in [4.69, 9.17) is 9.47 Å². The van der Waals surface area contributed by atoms with Gasteiger partial charge >= 0.3 is 12.4 Å². The molecule has 6 aliphatic rings. The van der Waals surface area contributed by atoms with Gasteiger partial charge in [0.15, 0.2) is 0 Å². The van der Waals surface area contributed by atoms with Crippen molar-refractivity contribution < 1.29 is 45.4 Å². The molecule has 10 rings (SSSR count). The number of morpholine rings is 2. The number of carbonyl (C=O) groups excluding carboxylic acids is 2. The van der Waals surface area contributed by atoms with Gasteiger partial charge in [-0.05, 0) is 116 Å². The van der Waals surface area contributed by atoms with Crippen LogP contribution in [-0.2, 0) is 31.4 Å². The number of benzene rings is 2. The Morgan fingerprint density at radius 1 is 0.652 bits per heavy atom. The van der Waals surface area contributed by atoms with E-state index in [1.54, 1.807) is 36.4 Å². The Labute approximate surface area is 413 Å². The minimum atomic E-state index is -4.46. The number of halogens is 7. The number of hydrogen-bond donors (Lipinski definition) is 1. The van der Waals surface area contributed by atoms with Gasteiger partial charge in [-0.3, -0.25) is 29.4 Å². The molecule has 376 valence electrons. The first-order valence-corrected chi connectivity index (χ1v) is 26.3. The van der Waals surface area contributed by atoms with Crippen LogP contribution in [-0.4, -0.2) is 152 Å². The molecule has 4 saturated heterocycles. The normalized spacial score (nSPS) is 24.0.